The van der Waals surface area contributed by atoms with Crippen LogP contribution in [0.15, 0.2) is 34.2 Å². The number of rotatable bonds is 9. The Kier molecular flexibility index (Phi) is 9.10. The first-order valence-corrected chi connectivity index (χ1v) is 12.1. The lowest BCUT2D eigenvalue weighted by atomic mass is 9.86. The van der Waals surface area contributed by atoms with E-state index in [1.807, 2.05) is 32.8 Å². The van der Waals surface area contributed by atoms with Crippen molar-refractivity contribution in [3.8, 4) is 0 Å². The van der Waals surface area contributed by atoms with Gasteiger partial charge in [0.1, 0.15) is 0 Å². The van der Waals surface area contributed by atoms with Gasteiger partial charge in [-0.25, -0.2) is 4.98 Å². The van der Waals surface area contributed by atoms with E-state index in [1.165, 1.54) is 17.3 Å². The van der Waals surface area contributed by atoms with Gasteiger partial charge in [-0.2, -0.15) is 0 Å². The summed E-state index contributed by atoms with van der Waals surface area (Å²) in [7, 11) is 5.68. The third kappa shape index (κ3) is 6.94. The van der Waals surface area contributed by atoms with Gasteiger partial charge >= 0.3 is 0 Å². The molecular formula is C25H38N4O2S. The van der Waals surface area contributed by atoms with Crippen LogP contribution in [0.5, 0.6) is 0 Å². The number of nitrogens with one attached hydrogen (secondary N) is 1. The van der Waals surface area contributed by atoms with E-state index in [2.05, 4.69) is 50.4 Å². The minimum absolute atomic E-state index is 0.0192. The van der Waals surface area contributed by atoms with Gasteiger partial charge in [0.25, 0.3) is 5.56 Å². The monoisotopic (exact) mass is 458 g/mol. The maximum atomic E-state index is 13.1. The molecule has 176 valence electrons. The van der Waals surface area contributed by atoms with Crippen molar-refractivity contribution >= 4 is 17.7 Å². The van der Waals surface area contributed by atoms with E-state index in [4.69, 9.17) is 4.98 Å². The summed E-state index contributed by atoms with van der Waals surface area (Å²) in [6.45, 7) is 11.8. The molecule has 0 aliphatic rings. The van der Waals surface area contributed by atoms with Gasteiger partial charge in [0.2, 0.25) is 5.91 Å². The lowest BCUT2D eigenvalue weighted by Gasteiger charge is -2.19. The third-order valence-corrected chi connectivity index (χ3v) is 6.93. The van der Waals surface area contributed by atoms with E-state index in [1.54, 1.807) is 11.6 Å². The Morgan fingerprint density at radius 3 is 2.38 bits per heavy atom. The molecule has 32 heavy (non-hydrogen) atoms. The van der Waals surface area contributed by atoms with Crippen LogP contribution >= 0.6 is 11.8 Å². The number of carbonyl (C=O) groups is 1. The van der Waals surface area contributed by atoms with Crippen LogP contribution < -0.4 is 10.9 Å². The molecule has 0 radical (unpaired) electrons. The number of amides is 1. The van der Waals surface area contributed by atoms with Gasteiger partial charge in [0.15, 0.2) is 5.16 Å². The maximum absolute atomic E-state index is 13.1. The fourth-order valence-electron chi connectivity index (χ4n) is 3.33. The molecule has 0 spiro atoms. The highest BCUT2D eigenvalue weighted by Crippen LogP contribution is 2.25. The predicted octanol–water partition coefficient (Wildman–Crippen LogP) is 3.53. The highest BCUT2D eigenvalue weighted by atomic mass is 32.2. The molecule has 6 nitrogen and oxygen atoms in total. The molecular weight excluding hydrogens is 420 g/mol. The van der Waals surface area contributed by atoms with Crippen molar-refractivity contribution in [3.63, 3.8) is 0 Å². The molecule has 0 aliphatic carbocycles. The zero-order valence-corrected chi connectivity index (χ0v) is 21.6. The number of thioether (sulfide) groups is 1. The van der Waals surface area contributed by atoms with Gasteiger partial charge in [0, 0.05) is 37.8 Å². The largest absolute Gasteiger partial charge is 0.354 e. The number of aromatic nitrogens is 2. The van der Waals surface area contributed by atoms with Crippen LogP contribution in [0, 0.1) is 6.92 Å². The Hall–Kier alpha value is -2.12. The zero-order valence-electron chi connectivity index (χ0n) is 20.8. The Morgan fingerprint density at radius 2 is 1.84 bits per heavy atom. The highest BCUT2D eigenvalue weighted by Gasteiger charge is 2.22. The molecule has 0 bridgehead atoms. The number of aryl methyl sites for hydroxylation is 1. The molecule has 0 saturated carbocycles. The smallest absolute Gasteiger partial charge is 0.257 e. The molecule has 2 aromatic rings. The molecule has 1 amide bonds. The Morgan fingerprint density at radius 1 is 1.22 bits per heavy atom. The van der Waals surface area contributed by atoms with Crippen molar-refractivity contribution in [1.82, 2.24) is 19.8 Å². The summed E-state index contributed by atoms with van der Waals surface area (Å²) in [6.07, 6.45) is 1.21. The Bertz CT molecular complexity index is 975. The number of hydrogen-bond donors (Lipinski definition) is 1. The molecule has 1 N–H and O–H groups in total. The number of carbonyl (C=O) groups excluding carboxylic acids is 1. The molecule has 7 heteroatoms. The van der Waals surface area contributed by atoms with Gasteiger partial charge < -0.3 is 10.2 Å². The van der Waals surface area contributed by atoms with Crippen LogP contribution in [0.4, 0.5) is 0 Å². The average molecular weight is 459 g/mol. The molecule has 2 rings (SSSR count). The molecule has 1 atom stereocenters. The van der Waals surface area contributed by atoms with E-state index in [9.17, 15) is 9.59 Å². The third-order valence-electron chi connectivity index (χ3n) is 5.52. The summed E-state index contributed by atoms with van der Waals surface area (Å²) in [4.78, 5) is 32.4. The molecule has 1 aromatic heterocycles. The first-order valence-electron chi connectivity index (χ1n) is 11.2. The van der Waals surface area contributed by atoms with Gasteiger partial charge in [-0.3, -0.25) is 14.2 Å². The van der Waals surface area contributed by atoms with Gasteiger partial charge in [-0.15, -0.1) is 0 Å². The van der Waals surface area contributed by atoms with E-state index >= 15 is 0 Å². The number of likely N-dealkylation sites (N-methyl/N-ethyl adjacent to an activating group) is 1. The van der Waals surface area contributed by atoms with Crippen molar-refractivity contribution in [1.29, 1.82) is 0 Å². The summed E-state index contributed by atoms with van der Waals surface area (Å²) in [5.41, 5.74) is 3.82. The number of hydrogen-bond acceptors (Lipinski definition) is 5. The lowest BCUT2D eigenvalue weighted by Crippen LogP contribution is -2.37. The second-order valence-corrected chi connectivity index (χ2v) is 10.7. The van der Waals surface area contributed by atoms with Crippen LogP contribution in [-0.2, 0) is 23.7 Å². The van der Waals surface area contributed by atoms with E-state index < -0.39 is 0 Å². The predicted molar refractivity (Wildman–Crippen MR) is 134 cm³/mol. The topological polar surface area (TPSA) is 67.2 Å². The first-order chi connectivity index (χ1) is 14.9. The molecule has 0 aliphatic heterocycles. The fourth-order valence-corrected chi connectivity index (χ4v) is 4.37. The summed E-state index contributed by atoms with van der Waals surface area (Å²) >= 11 is 1.36. The van der Waals surface area contributed by atoms with Crippen molar-refractivity contribution < 1.29 is 4.79 Å². The van der Waals surface area contributed by atoms with E-state index in [0.29, 0.717) is 30.1 Å². The zero-order chi connectivity index (χ0) is 24.1. The van der Waals surface area contributed by atoms with Gasteiger partial charge in [-0.1, -0.05) is 63.7 Å². The maximum Gasteiger partial charge on any atom is 0.257 e. The second-order valence-electron chi connectivity index (χ2n) is 9.56. The first kappa shape index (κ1) is 26.1. The summed E-state index contributed by atoms with van der Waals surface area (Å²) in [5.74, 6) is -0.0192. The van der Waals surface area contributed by atoms with Crippen molar-refractivity contribution in [2.75, 3.05) is 27.2 Å². The minimum atomic E-state index is -0.287. The molecule has 1 aromatic carbocycles. The second kappa shape index (κ2) is 11.1. The average Bonchev–Trinajstić information content (AvgIpc) is 2.72. The van der Waals surface area contributed by atoms with Crippen LogP contribution in [0.2, 0.25) is 0 Å². The van der Waals surface area contributed by atoms with Crippen LogP contribution in [0.25, 0.3) is 0 Å². The molecule has 0 fully saturated rings. The van der Waals surface area contributed by atoms with Crippen LogP contribution in [0.1, 0.15) is 56.5 Å². The summed E-state index contributed by atoms with van der Waals surface area (Å²) in [5, 5.41) is 3.27. The van der Waals surface area contributed by atoms with Crippen molar-refractivity contribution in [2.24, 2.45) is 7.05 Å². The van der Waals surface area contributed by atoms with Gasteiger partial charge in [-0.05, 0) is 44.0 Å². The number of benzene rings is 1. The standard InChI is InChI=1S/C25H38N4O2S/c1-9-21(22(30)26-14-15-28(6)7)32-24-27-17(2)20(23(31)29(24)8)16-18-10-12-19(13-11-18)25(3,4)5/h10-13,21H,9,14-16H2,1-8H3,(H,26,30). The quantitative estimate of drug-likeness (QED) is 0.460. The lowest BCUT2D eigenvalue weighted by molar-refractivity contribution is -0.120. The summed E-state index contributed by atoms with van der Waals surface area (Å²) in [6, 6.07) is 8.45. The molecule has 0 saturated heterocycles. The fraction of sp³-hybridized carbons (Fsp3) is 0.560. The molecule has 1 heterocycles. The number of nitrogens with zero attached hydrogens (tertiary/aromatic N) is 3. The minimum Gasteiger partial charge on any atom is -0.354 e. The molecule has 1 unspecified atom stereocenters. The summed E-state index contributed by atoms with van der Waals surface area (Å²) < 4.78 is 1.58. The normalized spacial score (nSPS) is 12.8. The Balaban J connectivity index is 2.19. The van der Waals surface area contributed by atoms with Crippen LogP contribution in [0.3, 0.4) is 0 Å². The van der Waals surface area contributed by atoms with Crippen molar-refractivity contribution in [3.05, 3.63) is 57.0 Å². The SMILES string of the molecule is CCC(Sc1nc(C)c(Cc2ccc(C(C)(C)C)cc2)c(=O)n1C)C(=O)NCCN(C)C. The van der Waals surface area contributed by atoms with Crippen LogP contribution in [-0.4, -0.2) is 52.8 Å². The van der Waals surface area contributed by atoms with Gasteiger partial charge in [0.05, 0.1) is 5.25 Å². The van der Waals surface area contributed by atoms with E-state index in [0.717, 1.165) is 17.8 Å². The van der Waals surface area contributed by atoms with Crippen molar-refractivity contribution in [2.45, 2.75) is 63.3 Å². The highest BCUT2D eigenvalue weighted by molar-refractivity contribution is 8.00. The Labute approximate surface area is 196 Å². The van der Waals surface area contributed by atoms with E-state index in [-0.39, 0.29) is 22.1 Å².